The normalized spacial score (nSPS) is 11.9. The van der Waals surface area contributed by atoms with Crippen LogP contribution in [-0.4, -0.2) is 54.1 Å². The van der Waals surface area contributed by atoms with Crippen LogP contribution >= 0.6 is 11.8 Å². The van der Waals surface area contributed by atoms with Gasteiger partial charge in [-0.2, -0.15) is 11.8 Å². The van der Waals surface area contributed by atoms with E-state index in [0.29, 0.717) is 17.7 Å². The van der Waals surface area contributed by atoms with Gasteiger partial charge in [0.1, 0.15) is 6.04 Å². The SMILES string of the molecule is CSCCC(NC(=O)c1ccc(C=Cc2cnccc2N(C)C)cc1-c1ccccc1)C(=O)O. The highest BCUT2D eigenvalue weighted by atomic mass is 32.2. The molecule has 34 heavy (non-hydrogen) atoms. The molecule has 0 aliphatic carbocycles. The molecule has 6 nitrogen and oxygen atoms in total. The lowest BCUT2D eigenvalue weighted by Gasteiger charge is -2.17. The minimum absolute atomic E-state index is 0.364. The van der Waals surface area contributed by atoms with E-state index in [1.165, 1.54) is 0 Å². The molecule has 7 heteroatoms. The molecule has 0 saturated carbocycles. The maximum absolute atomic E-state index is 13.1. The lowest BCUT2D eigenvalue weighted by atomic mass is 9.96. The van der Waals surface area contributed by atoms with E-state index in [2.05, 4.69) is 10.3 Å². The quantitative estimate of drug-likeness (QED) is 0.433. The summed E-state index contributed by atoms with van der Waals surface area (Å²) in [6.45, 7) is 0. The Hall–Kier alpha value is -3.58. The van der Waals surface area contributed by atoms with Gasteiger partial charge in [0, 0.05) is 43.3 Å². The molecule has 0 fully saturated rings. The van der Waals surface area contributed by atoms with Gasteiger partial charge in [-0.1, -0.05) is 48.6 Å². The molecule has 1 aromatic heterocycles. The monoisotopic (exact) mass is 475 g/mol. The number of thioether (sulfide) groups is 1. The fourth-order valence-electron chi connectivity index (χ4n) is 3.57. The van der Waals surface area contributed by atoms with Gasteiger partial charge in [0.05, 0.1) is 0 Å². The van der Waals surface area contributed by atoms with Crippen LogP contribution in [-0.2, 0) is 4.79 Å². The summed E-state index contributed by atoms with van der Waals surface area (Å²) < 4.78 is 0. The van der Waals surface area contributed by atoms with Gasteiger partial charge in [-0.05, 0) is 53.3 Å². The van der Waals surface area contributed by atoms with Crippen LogP contribution in [0.2, 0.25) is 0 Å². The summed E-state index contributed by atoms with van der Waals surface area (Å²) in [7, 11) is 3.97. The summed E-state index contributed by atoms with van der Waals surface area (Å²) in [5, 5.41) is 12.2. The van der Waals surface area contributed by atoms with Crippen LogP contribution in [0.1, 0.15) is 27.9 Å². The Kier molecular flexibility index (Phi) is 8.87. The van der Waals surface area contributed by atoms with Crippen molar-refractivity contribution in [3.05, 3.63) is 83.7 Å². The van der Waals surface area contributed by atoms with Crippen molar-refractivity contribution in [3.8, 4) is 11.1 Å². The molecule has 0 bridgehead atoms. The molecule has 0 radical (unpaired) electrons. The third kappa shape index (κ3) is 6.48. The van der Waals surface area contributed by atoms with Crippen LogP contribution in [0.25, 0.3) is 23.3 Å². The van der Waals surface area contributed by atoms with Crippen LogP contribution in [0.3, 0.4) is 0 Å². The number of carbonyl (C=O) groups excluding carboxylic acids is 1. The van der Waals surface area contributed by atoms with Crippen molar-refractivity contribution in [1.82, 2.24) is 10.3 Å². The van der Waals surface area contributed by atoms with Crippen molar-refractivity contribution in [3.63, 3.8) is 0 Å². The number of nitrogens with zero attached hydrogens (tertiary/aromatic N) is 2. The fraction of sp³-hybridized carbons (Fsp3) is 0.222. The minimum atomic E-state index is -1.03. The maximum Gasteiger partial charge on any atom is 0.326 e. The van der Waals surface area contributed by atoms with Crippen molar-refractivity contribution in [1.29, 1.82) is 0 Å². The second-order valence-corrected chi connectivity index (χ2v) is 8.96. The third-order valence-electron chi connectivity index (χ3n) is 5.35. The Morgan fingerprint density at radius 3 is 2.56 bits per heavy atom. The highest BCUT2D eigenvalue weighted by Gasteiger charge is 2.22. The number of hydrogen-bond acceptors (Lipinski definition) is 5. The molecule has 176 valence electrons. The number of carboxylic acids is 1. The van der Waals surface area contributed by atoms with E-state index in [9.17, 15) is 14.7 Å². The maximum atomic E-state index is 13.1. The zero-order chi connectivity index (χ0) is 24.5. The van der Waals surface area contributed by atoms with E-state index in [1.807, 2.05) is 92.1 Å². The van der Waals surface area contributed by atoms with Crippen molar-refractivity contribution in [2.75, 3.05) is 31.0 Å². The second-order valence-electron chi connectivity index (χ2n) is 7.98. The van der Waals surface area contributed by atoms with E-state index in [4.69, 9.17) is 0 Å². The molecule has 3 rings (SSSR count). The number of aliphatic carboxylic acids is 1. The van der Waals surface area contributed by atoms with Gasteiger partial charge in [0.2, 0.25) is 0 Å². The van der Waals surface area contributed by atoms with Gasteiger partial charge in [-0.15, -0.1) is 0 Å². The van der Waals surface area contributed by atoms with Crippen LogP contribution in [0.5, 0.6) is 0 Å². The Morgan fingerprint density at radius 2 is 1.88 bits per heavy atom. The summed E-state index contributed by atoms with van der Waals surface area (Å²) in [5.41, 5.74) is 5.02. The van der Waals surface area contributed by atoms with Gasteiger partial charge >= 0.3 is 5.97 Å². The summed E-state index contributed by atoms with van der Waals surface area (Å²) >= 11 is 1.55. The molecule has 0 aliphatic rings. The molecule has 1 heterocycles. The first-order valence-electron chi connectivity index (χ1n) is 10.9. The highest BCUT2D eigenvalue weighted by Crippen LogP contribution is 2.27. The van der Waals surface area contributed by atoms with Crippen LogP contribution in [0.4, 0.5) is 5.69 Å². The van der Waals surface area contributed by atoms with E-state index >= 15 is 0 Å². The fourth-order valence-corrected chi connectivity index (χ4v) is 4.04. The minimum Gasteiger partial charge on any atom is -0.480 e. The Balaban J connectivity index is 1.96. The number of nitrogens with one attached hydrogen (secondary N) is 1. The van der Waals surface area contributed by atoms with Crippen molar-refractivity contribution in [2.45, 2.75) is 12.5 Å². The van der Waals surface area contributed by atoms with E-state index in [0.717, 1.165) is 27.9 Å². The molecule has 0 spiro atoms. The number of amides is 1. The predicted molar refractivity (Wildman–Crippen MR) is 141 cm³/mol. The third-order valence-corrected chi connectivity index (χ3v) is 6.00. The first-order chi connectivity index (χ1) is 16.4. The number of benzene rings is 2. The molecule has 1 unspecified atom stereocenters. The Morgan fingerprint density at radius 1 is 1.12 bits per heavy atom. The van der Waals surface area contributed by atoms with E-state index < -0.39 is 17.9 Å². The molecule has 0 saturated heterocycles. The largest absolute Gasteiger partial charge is 0.480 e. The van der Waals surface area contributed by atoms with Crippen molar-refractivity contribution in [2.24, 2.45) is 0 Å². The Bertz CT molecular complexity index is 1160. The first kappa shape index (κ1) is 25.1. The van der Waals surface area contributed by atoms with Crippen molar-refractivity contribution < 1.29 is 14.7 Å². The van der Waals surface area contributed by atoms with Gasteiger partial charge in [-0.3, -0.25) is 9.78 Å². The van der Waals surface area contributed by atoms with Crippen LogP contribution < -0.4 is 10.2 Å². The van der Waals surface area contributed by atoms with E-state index in [-0.39, 0.29) is 0 Å². The average molecular weight is 476 g/mol. The molecule has 1 atom stereocenters. The topological polar surface area (TPSA) is 82.5 Å². The van der Waals surface area contributed by atoms with Crippen LogP contribution in [0, 0.1) is 0 Å². The van der Waals surface area contributed by atoms with Crippen LogP contribution in [0.15, 0.2) is 67.0 Å². The molecule has 2 aromatic carbocycles. The predicted octanol–water partition coefficient (Wildman–Crippen LogP) is 4.92. The molecular weight excluding hydrogens is 446 g/mol. The zero-order valence-corrected chi connectivity index (χ0v) is 20.4. The molecule has 1 amide bonds. The summed E-state index contributed by atoms with van der Waals surface area (Å²) in [6, 6.07) is 16.2. The first-order valence-corrected chi connectivity index (χ1v) is 12.3. The van der Waals surface area contributed by atoms with E-state index in [1.54, 1.807) is 24.0 Å². The Labute approximate surface area is 204 Å². The summed E-state index contributed by atoms with van der Waals surface area (Å²) in [6.07, 6.45) is 9.83. The number of anilines is 1. The molecule has 3 aromatic rings. The number of carboxylic acid groups (broad SMARTS) is 1. The average Bonchev–Trinajstić information content (AvgIpc) is 2.85. The number of rotatable bonds is 10. The van der Waals surface area contributed by atoms with Gasteiger partial charge < -0.3 is 15.3 Å². The zero-order valence-electron chi connectivity index (χ0n) is 19.6. The van der Waals surface area contributed by atoms with Gasteiger partial charge in [0.25, 0.3) is 5.91 Å². The summed E-state index contributed by atoms with van der Waals surface area (Å²) in [4.78, 5) is 31.0. The lowest BCUT2D eigenvalue weighted by Crippen LogP contribution is -2.41. The second kappa shape index (κ2) is 12.0. The molecule has 0 aliphatic heterocycles. The van der Waals surface area contributed by atoms with Gasteiger partial charge in [-0.25, -0.2) is 4.79 Å². The lowest BCUT2D eigenvalue weighted by molar-refractivity contribution is -0.139. The van der Waals surface area contributed by atoms with Crippen molar-refractivity contribution >= 4 is 41.5 Å². The molecular formula is C27H29N3O3S. The van der Waals surface area contributed by atoms with Gasteiger partial charge in [0.15, 0.2) is 0 Å². The standard InChI is InChI=1S/C27H29N3O3S/c1-30(2)25-13-15-28-18-21(25)11-9-19-10-12-22(23(17-19)20-7-5-4-6-8-20)26(31)29-24(27(32)33)14-16-34-3/h4-13,15,17-18,24H,14,16H2,1-3H3,(H,29,31)(H,32,33). The highest BCUT2D eigenvalue weighted by molar-refractivity contribution is 7.98. The molecule has 2 N–H and O–H groups in total. The number of aromatic nitrogens is 1. The smallest absolute Gasteiger partial charge is 0.326 e. The summed E-state index contributed by atoms with van der Waals surface area (Å²) in [5.74, 6) is -0.781. The number of hydrogen-bond donors (Lipinski definition) is 2. The number of pyridine rings is 1. The number of carbonyl (C=O) groups is 2.